The highest BCUT2D eigenvalue weighted by Crippen LogP contribution is 2.21. The van der Waals surface area contributed by atoms with Crippen LogP contribution in [-0.4, -0.2) is 53.0 Å². The Balaban J connectivity index is 2.37. The fourth-order valence-corrected chi connectivity index (χ4v) is 2.46. The van der Waals surface area contributed by atoms with E-state index in [2.05, 4.69) is 5.32 Å². The predicted octanol–water partition coefficient (Wildman–Crippen LogP) is 0.611. The summed E-state index contributed by atoms with van der Waals surface area (Å²) in [7, 11) is 0. The smallest absolute Gasteiger partial charge is 0.408 e. The first-order valence-electron chi connectivity index (χ1n) is 5.67. The van der Waals surface area contributed by atoms with Crippen LogP contribution >= 0.6 is 11.8 Å². The molecule has 0 aromatic rings. The van der Waals surface area contributed by atoms with E-state index in [0.29, 0.717) is 6.54 Å². The molecule has 1 heterocycles. The topological polar surface area (TPSA) is 75.7 Å². The molecule has 0 aromatic heterocycles. The molecular weight excluding hydrogens is 256 g/mol. The van der Waals surface area contributed by atoms with Crippen LogP contribution in [-0.2, 0) is 14.3 Å². The molecule has 7 heteroatoms. The molecule has 0 aromatic carbocycles. The van der Waals surface area contributed by atoms with Gasteiger partial charge >= 0.3 is 6.09 Å². The van der Waals surface area contributed by atoms with Crippen molar-refractivity contribution in [2.45, 2.75) is 31.7 Å². The molecule has 102 valence electrons. The van der Waals surface area contributed by atoms with Crippen molar-refractivity contribution < 1.29 is 19.1 Å². The van der Waals surface area contributed by atoms with Gasteiger partial charge in [0.2, 0.25) is 5.91 Å². The Labute approximate surface area is 110 Å². The number of rotatable bonds is 3. The molecule has 0 radical (unpaired) electrons. The monoisotopic (exact) mass is 274 g/mol. The van der Waals surface area contributed by atoms with Crippen LogP contribution in [0.1, 0.15) is 20.8 Å². The standard InChI is InChI=1S/C11H18N2O4S/c1-11(2,3)17-10(16)12-6-8(15)13-4-5-18-9(13)7-14/h7,9H,4-6H2,1-3H3,(H,12,16)/t9-/m1/s1. The molecule has 1 aliphatic rings. The Kier molecular flexibility index (Phi) is 5.01. The van der Waals surface area contributed by atoms with E-state index in [1.165, 1.54) is 16.7 Å². The minimum Gasteiger partial charge on any atom is -0.444 e. The van der Waals surface area contributed by atoms with Crippen LogP contribution in [0.3, 0.4) is 0 Å². The normalized spacial score (nSPS) is 19.5. The van der Waals surface area contributed by atoms with Gasteiger partial charge in [0.05, 0.1) is 0 Å². The Morgan fingerprint density at radius 3 is 2.72 bits per heavy atom. The summed E-state index contributed by atoms with van der Waals surface area (Å²) in [5.41, 5.74) is -0.595. The summed E-state index contributed by atoms with van der Waals surface area (Å²) in [6.45, 7) is 5.61. The van der Waals surface area contributed by atoms with Crippen molar-refractivity contribution in [1.82, 2.24) is 10.2 Å². The average molecular weight is 274 g/mol. The van der Waals surface area contributed by atoms with Gasteiger partial charge < -0.3 is 19.7 Å². The minimum atomic E-state index is -0.634. The number of aldehydes is 1. The van der Waals surface area contributed by atoms with Crippen LogP contribution < -0.4 is 5.32 Å². The van der Waals surface area contributed by atoms with Gasteiger partial charge in [-0.05, 0) is 20.8 Å². The van der Waals surface area contributed by atoms with Gasteiger partial charge in [0.25, 0.3) is 0 Å². The van der Waals surface area contributed by atoms with Crippen LogP contribution in [0.2, 0.25) is 0 Å². The molecule has 0 aliphatic carbocycles. The van der Waals surface area contributed by atoms with Crippen LogP contribution in [0.15, 0.2) is 0 Å². The van der Waals surface area contributed by atoms with E-state index in [4.69, 9.17) is 4.74 Å². The average Bonchev–Trinajstić information content (AvgIpc) is 2.71. The van der Waals surface area contributed by atoms with E-state index in [-0.39, 0.29) is 12.5 Å². The van der Waals surface area contributed by atoms with E-state index in [1.807, 2.05) is 0 Å². The Bertz CT molecular complexity index is 340. The van der Waals surface area contributed by atoms with E-state index < -0.39 is 17.1 Å². The lowest BCUT2D eigenvalue weighted by atomic mass is 10.2. The third-order valence-corrected chi connectivity index (χ3v) is 3.27. The molecule has 1 fully saturated rings. The number of carbonyl (C=O) groups is 3. The van der Waals surface area contributed by atoms with Gasteiger partial charge in [-0.3, -0.25) is 4.79 Å². The molecule has 6 nitrogen and oxygen atoms in total. The van der Waals surface area contributed by atoms with Gasteiger partial charge in [-0.25, -0.2) is 4.79 Å². The van der Waals surface area contributed by atoms with E-state index >= 15 is 0 Å². The molecule has 0 saturated carbocycles. The van der Waals surface area contributed by atoms with Crippen molar-refractivity contribution in [3.63, 3.8) is 0 Å². The second kappa shape index (κ2) is 6.08. The van der Waals surface area contributed by atoms with Crippen molar-refractivity contribution in [3.05, 3.63) is 0 Å². The number of hydrogen-bond donors (Lipinski definition) is 1. The van der Waals surface area contributed by atoms with Crippen molar-refractivity contribution in [1.29, 1.82) is 0 Å². The first-order valence-corrected chi connectivity index (χ1v) is 6.71. The summed E-state index contributed by atoms with van der Waals surface area (Å²) >= 11 is 1.42. The SMILES string of the molecule is CC(C)(C)OC(=O)NCC(=O)N1CCS[C@@H]1C=O. The van der Waals surface area contributed by atoms with Gasteiger partial charge in [-0.1, -0.05) is 0 Å². The van der Waals surface area contributed by atoms with Crippen LogP contribution in [0.4, 0.5) is 4.79 Å². The molecule has 2 amide bonds. The Morgan fingerprint density at radius 2 is 2.17 bits per heavy atom. The maximum atomic E-state index is 11.8. The predicted molar refractivity (Wildman–Crippen MR) is 68.3 cm³/mol. The lowest BCUT2D eigenvalue weighted by Crippen LogP contribution is -2.43. The number of hydrogen-bond acceptors (Lipinski definition) is 5. The number of nitrogens with one attached hydrogen (secondary N) is 1. The molecule has 1 N–H and O–H groups in total. The molecule has 1 aliphatic heterocycles. The molecule has 1 atom stereocenters. The molecular formula is C11H18N2O4S. The fraction of sp³-hybridized carbons (Fsp3) is 0.727. The van der Waals surface area contributed by atoms with Crippen LogP contribution in [0.5, 0.6) is 0 Å². The maximum Gasteiger partial charge on any atom is 0.408 e. The van der Waals surface area contributed by atoms with Gasteiger partial charge in [0.15, 0.2) is 6.29 Å². The molecule has 18 heavy (non-hydrogen) atoms. The summed E-state index contributed by atoms with van der Waals surface area (Å²) in [6.07, 6.45) is 0.105. The first-order chi connectivity index (χ1) is 8.33. The molecule has 0 spiro atoms. The van der Waals surface area contributed by atoms with Gasteiger partial charge in [-0.2, -0.15) is 0 Å². The van der Waals surface area contributed by atoms with Crippen molar-refractivity contribution >= 4 is 30.0 Å². The lowest BCUT2D eigenvalue weighted by molar-refractivity contribution is -0.132. The zero-order valence-electron chi connectivity index (χ0n) is 10.8. The number of thioether (sulfide) groups is 1. The molecule has 0 bridgehead atoms. The number of carbonyl (C=O) groups excluding carboxylic acids is 3. The van der Waals surface area contributed by atoms with E-state index in [0.717, 1.165) is 12.0 Å². The zero-order chi connectivity index (χ0) is 13.8. The summed E-state index contributed by atoms with van der Waals surface area (Å²) in [5.74, 6) is 0.463. The quantitative estimate of drug-likeness (QED) is 0.763. The lowest BCUT2D eigenvalue weighted by Gasteiger charge is -2.22. The molecule has 1 saturated heterocycles. The number of ether oxygens (including phenoxy) is 1. The van der Waals surface area contributed by atoms with Gasteiger partial charge in [-0.15, -0.1) is 11.8 Å². The number of amides is 2. The van der Waals surface area contributed by atoms with Gasteiger partial charge in [0, 0.05) is 12.3 Å². The van der Waals surface area contributed by atoms with Gasteiger partial charge in [0.1, 0.15) is 17.5 Å². The highest BCUT2D eigenvalue weighted by atomic mass is 32.2. The largest absolute Gasteiger partial charge is 0.444 e. The van der Waals surface area contributed by atoms with Crippen molar-refractivity contribution in [2.24, 2.45) is 0 Å². The fourth-order valence-electron chi connectivity index (χ4n) is 1.43. The van der Waals surface area contributed by atoms with E-state index in [1.54, 1.807) is 20.8 Å². The van der Waals surface area contributed by atoms with Crippen LogP contribution in [0.25, 0.3) is 0 Å². The summed E-state index contributed by atoms with van der Waals surface area (Å²) in [4.78, 5) is 35.3. The molecule has 0 unspecified atom stereocenters. The zero-order valence-corrected chi connectivity index (χ0v) is 11.6. The van der Waals surface area contributed by atoms with Crippen molar-refractivity contribution in [3.8, 4) is 0 Å². The second-order valence-electron chi connectivity index (χ2n) is 4.84. The Morgan fingerprint density at radius 1 is 1.50 bits per heavy atom. The summed E-state index contributed by atoms with van der Waals surface area (Å²) in [6, 6.07) is 0. The van der Waals surface area contributed by atoms with Crippen molar-refractivity contribution in [2.75, 3.05) is 18.8 Å². The first kappa shape index (κ1) is 14.8. The highest BCUT2D eigenvalue weighted by Gasteiger charge is 2.29. The number of alkyl carbamates (subject to hydrolysis) is 1. The summed E-state index contributed by atoms with van der Waals surface area (Å²) in [5, 5.41) is 1.95. The second-order valence-corrected chi connectivity index (χ2v) is 6.06. The minimum absolute atomic E-state index is 0.153. The number of nitrogens with zero attached hydrogens (tertiary/aromatic N) is 1. The third-order valence-electron chi connectivity index (χ3n) is 2.15. The molecule has 1 rings (SSSR count). The maximum absolute atomic E-state index is 11.8. The van der Waals surface area contributed by atoms with E-state index in [9.17, 15) is 14.4 Å². The van der Waals surface area contributed by atoms with Crippen LogP contribution in [0, 0.1) is 0 Å². The Hall–Kier alpha value is -1.24. The summed E-state index contributed by atoms with van der Waals surface area (Å²) < 4.78 is 5.01. The highest BCUT2D eigenvalue weighted by molar-refractivity contribution is 8.00. The third kappa shape index (κ3) is 4.56.